The largest absolute Gasteiger partial charge is 0.505 e. The molecule has 0 aromatic heterocycles. The van der Waals surface area contributed by atoms with E-state index < -0.39 is 35.8 Å². The molecule has 0 fully saturated rings. The fourth-order valence-electron chi connectivity index (χ4n) is 3.19. The summed E-state index contributed by atoms with van der Waals surface area (Å²) in [6, 6.07) is 17.4. The lowest BCUT2D eigenvalue weighted by atomic mass is 10.0. The van der Waals surface area contributed by atoms with Crippen LogP contribution >= 0.6 is 0 Å². The van der Waals surface area contributed by atoms with Gasteiger partial charge in [0.25, 0.3) is 0 Å². The van der Waals surface area contributed by atoms with E-state index in [1.54, 1.807) is 36.4 Å². The van der Waals surface area contributed by atoms with E-state index in [4.69, 9.17) is 15.2 Å². The zero-order valence-corrected chi connectivity index (χ0v) is 19.2. The van der Waals surface area contributed by atoms with Gasteiger partial charge in [0, 0.05) is 18.9 Å². The molecule has 2 amide bonds. The van der Waals surface area contributed by atoms with Crippen LogP contribution < -0.4 is 16.4 Å². The number of nitrogen functional groups attached to an aromatic ring is 1. The molecule has 3 aromatic carbocycles. The molecule has 0 bridgehead atoms. The summed E-state index contributed by atoms with van der Waals surface area (Å²) in [5.74, 6) is -1.95. The zero-order chi connectivity index (χ0) is 25.4. The highest BCUT2D eigenvalue weighted by Gasteiger charge is 2.27. The van der Waals surface area contributed by atoms with Gasteiger partial charge in [-0.15, -0.1) is 0 Å². The van der Waals surface area contributed by atoms with Crippen molar-refractivity contribution in [2.45, 2.75) is 19.1 Å². The Morgan fingerprint density at radius 1 is 1.06 bits per heavy atom. The van der Waals surface area contributed by atoms with E-state index in [0.717, 1.165) is 17.7 Å². The Bertz CT molecular complexity index is 1210. The number of ether oxygens (including phenoxy) is 2. The molecule has 0 aliphatic carbocycles. The highest BCUT2D eigenvalue weighted by molar-refractivity contribution is 6.01. The summed E-state index contributed by atoms with van der Waals surface area (Å²) in [5.41, 5.74) is 8.40. The Kier molecular flexibility index (Phi) is 8.42. The number of rotatable bonds is 8. The molecule has 0 unspecified atom stereocenters. The summed E-state index contributed by atoms with van der Waals surface area (Å²) < 4.78 is 25.1. The first-order chi connectivity index (χ1) is 16.8. The molecule has 0 aliphatic heterocycles. The molecule has 3 aromatic rings. The number of benzene rings is 3. The molecule has 35 heavy (non-hydrogen) atoms. The molecule has 0 aliphatic rings. The maximum Gasteiger partial charge on any atom is 0.412 e. The smallest absolute Gasteiger partial charge is 0.412 e. The first kappa shape index (κ1) is 25.3. The van der Waals surface area contributed by atoms with Crippen LogP contribution in [0.5, 0.6) is 5.75 Å². The fourth-order valence-corrected chi connectivity index (χ4v) is 3.19. The van der Waals surface area contributed by atoms with E-state index in [-0.39, 0.29) is 5.56 Å². The summed E-state index contributed by atoms with van der Waals surface area (Å²) >= 11 is 0. The maximum absolute atomic E-state index is 14.1. The number of amides is 2. The van der Waals surface area contributed by atoms with Crippen LogP contribution in [-0.2, 0) is 14.3 Å². The summed E-state index contributed by atoms with van der Waals surface area (Å²) in [6.07, 6.45) is -0.355. The van der Waals surface area contributed by atoms with Gasteiger partial charge in [0.1, 0.15) is 6.10 Å². The van der Waals surface area contributed by atoms with Gasteiger partial charge in [-0.05, 0) is 55.0 Å². The summed E-state index contributed by atoms with van der Waals surface area (Å²) in [7, 11) is 1.35. The fraction of sp³-hybridized carbons (Fsp3) is 0.154. The van der Waals surface area contributed by atoms with Gasteiger partial charge in [-0.1, -0.05) is 35.9 Å². The molecule has 0 spiro atoms. The minimum absolute atomic E-state index is 0.212. The van der Waals surface area contributed by atoms with E-state index in [1.165, 1.54) is 25.3 Å². The Labute approximate surface area is 202 Å². The number of aryl methyl sites for hydroxylation is 1. The number of hydrogen-bond acceptors (Lipinski definition) is 6. The first-order valence-corrected chi connectivity index (χ1v) is 10.7. The van der Waals surface area contributed by atoms with Gasteiger partial charge < -0.3 is 25.6 Å². The number of methoxy groups -OCH3 is 1. The van der Waals surface area contributed by atoms with Crippen LogP contribution in [0.4, 0.5) is 26.2 Å². The van der Waals surface area contributed by atoms with Crippen molar-refractivity contribution in [2.24, 2.45) is 0 Å². The topological polar surface area (TPSA) is 123 Å². The van der Waals surface area contributed by atoms with Crippen molar-refractivity contribution in [1.82, 2.24) is 0 Å². The summed E-state index contributed by atoms with van der Waals surface area (Å²) in [6.45, 7) is 1.91. The number of phenolic OH excluding ortho intramolecular Hbond substituents is 1. The number of nitrogens with one attached hydrogen (secondary N) is 2. The van der Waals surface area contributed by atoms with Crippen molar-refractivity contribution in [2.75, 3.05) is 23.5 Å². The van der Waals surface area contributed by atoms with Gasteiger partial charge in [0.05, 0.1) is 11.4 Å². The van der Waals surface area contributed by atoms with Crippen molar-refractivity contribution < 1.29 is 28.6 Å². The molecular weight excluding hydrogens is 453 g/mol. The van der Waals surface area contributed by atoms with Crippen LogP contribution in [0.15, 0.2) is 78.9 Å². The van der Waals surface area contributed by atoms with E-state index in [0.29, 0.717) is 17.1 Å². The number of nitrogens with two attached hydrogens (primary N) is 1. The van der Waals surface area contributed by atoms with Gasteiger partial charge >= 0.3 is 6.09 Å². The summed E-state index contributed by atoms with van der Waals surface area (Å²) in [5, 5.41) is 14.8. The van der Waals surface area contributed by atoms with Crippen LogP contribution in [0.25, 0.3) is 0 Å². The third-order valence-corrected chi connectivity index (χ3v) is 5.06. The van der Waals surface area contributed by atoms with Gasteiger partial charge in [-0.25, -0.2) is 9.18 Å². The minimum atomic E-state index is -1.15. The number of anilines is 3. The molecule has 182 valence electrons. The predicted octanol–water partition coefficient (Wildman–Crippen LogP) is 4.92. The number of carbonyl (C=O) groups is 2. The number of carbonyl (C=O) groups excluding carboxylic acids is 2. The third kappa shape index (κ3) is 7.05. The number of hydrogen-bond donors (Lipinski definition) is 4. The van der Waals surface area contributed by atoms with Crippen molar-refractivity contribution >= 4 is 29.1 Å². The Hall–Kier alpha value is -4.37. The standard InChI is InChI=1S/C26H26FN3O5/c1-16-7-10-18(11-8-16)29-26(33)35-25(17-9-12-22(31)19(27)15-17)23(34-2)13-14-24(32)30-21-6-4-3-5-20(21)28/h3-15,23,25,31H,28H2,1-2H3,(H,29,33)(H,30,32)/b14-13+/t23-,25-/m0/s1. The molecule has 2 atom stereocenters. The molecule has 3 rings (SSSR count). The first-order valence-electron chi connectivity index (χ1n) is 10.7. The molecule has 5 N–H and O–H groups in total. The minimum Gasteiger partial charge on any atom is -0.505 e. The van der Waals surface area contributed by atoms with E-state index >= 15 is 0 Å². The lowest BCUT2D eigenvalue weighted by Crippen LogP contribution is -2.27. The Morgan fingerprint density at radius 2 is 1.77 bits per heavy atom. The quantitative estimate of drug-likeness (QED) is 0.269. The maximum atomic E-state index is 14.1. The summed E-state index contributed by atoms with van der Waals surface area (Å²) in [4.78, 5) is 25.0. The number of para-hydroxylation sites is 2. The molecule has 0 radical (unpaired) electrons. The van der Waals surface area contributed by atoms with E-state index in [9.17, 15) is 19.1 Å². The highest BCUT2D eigenvalue weighted by atomic mass is 19.1. The third-order valence-electron chi connectivity index (χ3n) is 5.06. The molecular formula is C26H26FN3O5. The SMILES string of the molecule is CO[C@@H](/C=C/C(=O)Nc1ccccc1N)[C@@H](OC(=O)Nc1ccc(C)cc1)c1ccc(O)c(F)c1. The average molecular weight is 480 g/mol. The zero-order valence-electron chi connectivity index (χ0n) is 19.2. The second-order valence-electron chi connectivity index (χ2n) is 7.66. The van der Waals surface area contributed by atoms with Crippen LogP contribution in [0, 0.1) is 12.7 Å². The van der Waals surface area contributed by atoms with Crippen molar-refractivity contribution in [3.8, 4) is 5.75 Å². The number of phenols is 1. The van der Waals surface area contributed by atoms with Gasteiger partial charge in [-0.2, -0.15) is 0 Å². The number of aromatic hydroxyl groups is 1. The van der Waals surface area contributed by atoms with Gasteiger partial charge in [-0.3, -0.25) is 10.1 Å². The van der Waals surface area contributed by atoms with Crippen LogP contribution in [0.2, 0.25) is 0 Å². The normalized spacial score (nSPS) is 12.7. The van der Waals surface area contributed by atoms with Crippen molar-refractivity contribution in [1.29, 1.82) is 0 Å². The highest BCUT2D eigenvalue weighted by Crippen LogP contribution is 2.29. The second kappa shape index (κ2) is 11.7. The van der Waals surface area contributed by atoms with Gasteiger partial charge in [0.15, 0.2) is 17.7 Å². The molecule has 0 saturated heterocycles. The molecule has 8 nitrogen and oxygen atoms in total. The second-order valence-corrected chi connectivity index (χ2v) is 7.66. The Morgan fingerprint density at radius 3 is 2.43 bits per heavy atom. The monoisotopic (exact) mass is 479 g/mol. The Balaban J connectivity index is 1.81. The van der Waals surface area contributed by atoms with Crippen molar-refractivity contribution in [3.63, 3.8) is 0 Å². The van der Waals surface area contributed by atoms with E-state index in [2.05, 4.69) is 10.6 Å². The number of halogens is 1. The predicted molar refractivity (Wildman–Crippen MR) is 132 cm³/mol. The lowest BCUT2D eigenvalue weighted by molar-refractivity contribution is -0.112. The van der Waals surface area contributed by atoms with Crippen LogP contribution in [0.3, 0.4) is 0 Å². The van der Waals surface area contributed by atoms with E-state index in [1.807, 2.05) is 19.1 Å². The van der Waals surface area contributed by atoms with Crippen molar-refractivity contribution in [3.05, 3.63) is 95.8 Å². The molecule has 0 saturated carbocycles. The van der Waals surface area contributed by atoms with Crippen LogP contribution in [-0.4, -0.2) is 30.3 Å². The van der Waals surface area contributed by atoms with Gasteiger partial charge in [0.2, 0.25) is 5.91 Å². The molecule has 0 heterocycles. The van der Waals surface area contributed by atoms with Crippen LogP contribution in [0.1, 0.15) is 17.2 Å². The lowest BCUT2D eigenvalue weighted by Gasteiger charge is -2.24. The average Bonchev–Trinajstić information content (AvgIpc) is 2.83. The molecule has 9 heteroatoms.